The van der Waals surface area contributed by atoms with Gasteiger partial charge in [0.25, 0.3) is 0 Å². The summed E-state index contributed by atoms with van der Waals surface area (Å²) in [5.41, 5.74) is 0.258. The van der Waals surface area contributed by atoms with Gasteiger partial charge in [-0.05, 0) is 48.5 Å². The third-order valence-corrected chi connectivity index (χ3v) is 6.86. The van der Waals surface area contributed by atoms with Crippen LogP contribution in [0.5, 0.6) is 0 Å². The number of ether oxygens (including phenoxy) is 4. The highest BCUT2D eigenvalue weighted by molar-refractivity contribution is 5.92. The third kappa shape index (κ3) is 6.91. The zero-order valence-electron chi connectivity index (χ0n) is 24.0. The molecule has 46 heavy (non-hydrogen) atoms. The van der Waals surface area contributed by atoms with E-state index in [4.69, 9.17) is 18.9 Å². The van der Waals surface area contributed by atoms with Crippen molar-refractivity contribution in [2.24, 2.45) is 0 Å². The summed E-state index contributed by atoms with van der Waals surface area (Å²) in [6.07, 6.45) is -7.15. The average molecular weight is 623 g/mol. The first-order valence-corrected chi connectivity index (χ1v) is 13.9. The summed E-state index contributed by atoms with van der Waals surface area (Å²) < 4.78 is 22.7. The summed E-state index contributed by atoms with van der Waals surface area (Å²) >= 11 is 0. The van der Waals surface area contributed by atoms with Gasteiger partial charge in [-0.25, -0.2) is 19.2 Å². The highest BCUT2D eigenvalue weighted by Crippen LogP contribution is 2.31. The van der Waals surface area contributed by atoms with Gasteiger partial charge in [0, 0.05) is 0 Å². The second-order valence-electron chi connectivity index (χ2n) is 9.75. The number of hydrogen-bond acceptors (Lipinski definition) is 10. The fourth-order valence-electron chi connectivity index (χ4n) is 4.60. The molecular formula is C34H26N2O10. The minimum atomic E-state index is -1.87. The molecule has 0 radical (unpaired) electrons. The van der Waals surface area contributed by atoms with Gasteiger partial charge in [0.1, 0.15) is 0 Å². The zero-order valence-corrected chi connectivity index (χ0v) is 24.0. The van der Waals surface area contributed by atoms with E-state index in [2.05, 4.69) is 0 Å². The number of rotatable bonds is 10. The molecule has 1 aliphatic rings. The quantitative estimate of drug-likeness (QED) is 0.146. The topological polar surface area (TPSA) is 146 Å². The standard InChI is InChI=1S/C34H26N2O10/c37-21-35-27(43-31(39)23-13-5-1-6-14-23)28(44-32(40)24-15-7-2-8-16-24)36(22-38)30(46-34(42)26-19-11-4-12-20-26)29(35)45-33(41)25-17-9-3-10-18-25/h1-22,27-30H/t27-,28-,29-,30+/m1/s1. The monoisotopic (exact) mass is 622 g/mol. The van der Waals surface area contributed by atoms with Gasteiger partial charge in [-0.1, -0.05) is 72.8 Å². The van der Waals surface area contributed by atoms with Gasteiger partial charge in [-0.15, -0.1) is 0 Å². The normalized spacial score (nSPS) is 18.9. The Bertz CT molecular complexity index is 1440. The highest BCUT2D eigenvalue weighted by Gasteiger charge is 2.55. The molecule has 1 heterocycles. The minimum Gasteiger partial charge on any atom is -0.431 e. The molecule has 1 saturated heterocycles. The first kappa shape index (κ1) is 31.1. The van der Waals surface area contributed by atoms with E-state index in [1.54, 1.807) is 72.8 Å². The Morgan fingerprint density at radius 3 is 0.761 bits per heavy atom. The molecule has 0 bridgehead atoms. The van der Waals surface area contributed by atoms with E-state index in [9.17, 15) is 28.8 Å². The minimum absolute atomic E-state index is 0.0644. The molecule has 5 rings (SSSR count). The van der Waals surface area contributed by atoms with Crippen LogP contribution in [-0.2, 0) is 28.5 Å². The van der Waals surface area contributed by atoms with Crippen LogP contribution in [0.2, 0.25) is 0 Å². The van der Waals surface area contributed by atoms with E-state index < -0.39 is 48.8 Å². The highest BCUT2D eigenvalue weighted by atomic mass is 16.6. The summed E-state index contributed by atoms with van der Waals surface area (Å²) in [5, 5.41) is 0. The van der Waals surface area contributed by atoms with Crippen molar-refractivity contribution in [1.82, 2.24) is 9.80 Å². The molecular weight excluding hydrogens is 596 g/mol. The van der Waals surface area contributed by atoms with Gasteiger partial charge in [-0.2, -0.15) is 0 Å². The van der Waals surface area contributed by atoms with E-state index in [1.807, 2.05) is 0 Å². The number of nitrogens with zero attached hydrogens (tertiary/aromatic N) is 2. The van der Waals surface area contributed by atoms with Gasteiger partial charge < -0.3 is 18.9 Å². The Hall–Kier alpha value is -6.30. The Labute approximate surface area is 262 Å². The van der Waals surface area contributed by atoms with Gasteiger partial charge in [0.05, 0.1) is 22.3 Å². The van der Waals surface area contributed by atoms with E-state index >= 15 is 0 Å². The van der Waals surface area contributed by atoms with Crippen molar-refractivity contribution in [3.8, 4) is 0 Å². The summed E-state index contributed by atoms with van der Waals surface area (Å²) in [5.74, 6) is -3.84. The number of esters is 4. The molecule has 12 nitrogen and oxygen atoms in total. The Balaban J connectivity index is 1.59. The van der Waals surface area contributed by atoms with Crippen molar-refractivity contribution in [1.29, 1.82) is 0 Å². The molecule has 1 fully saturated rings. The maximum Gasteiger partial charge on any atom is 0.340 e. The van der Waals surface area contributed by atoms with Crippen LogP contribution in [0.4, 0.5) is 0 Å². The molecule has 0 aliphatic carbocycles. The first-order valence-electron chi connectivity index (χ1n) is 13.9. The van der Waals surface area contributed by atoms with E-state index in [0.717, 1.165) is 0 Å². The van der Waals surface area contributed by atoms with Crippen LogP contribution < -0.4 is 0 Å². The molecule has 1 aliphatic heterocycles. The number of amides is 2. The van der Waals surface area contributed by atoms with Crippen molar-refractivity contribution in [2.45, 2.75) is 24.9 Å². The first-order chi connectivity index (χ1) is 22.4. The Morgan fingerprint density at radius 2 is 0.587 bits per heavy atom. The second-order valence-corrected chi connectivity index (χ2v) is 9.75. The second kappa shape index (κ2) is 14.4. The van der Waals surface area contributed by atoms with Gasteiger partial charge in [0.2, 0.25) is 37.7 Å². The zero-order chi connectivity index (χ0) is 32.5. The number of benzene rings is 4. The Kier molecular flexibility index (Phi) is 9.78. The van der Waals surface area contributed by atoms with Crippen LogP contribution in [0.15, 0.2) is 121 Å². The molecule has 0 N–H and O–H groups in total. The van der Waals surface area contributed by atoms with Crippen molar-refractivity contribution in [2.75, 3.05) is 0 Å². The molecule has 4 aromatic carbocycles. The van der Waals surface area contributed by atoms with Crippen molar-refractivity contribution < 1.29 is 47.7 Å². The summed E-state index contributed by atoms with van der Waals surface area (Å²) in [6, 6.07) is 30.8. The summed E-state index contributed by atoms with van der Waals surface area (Å²) in [7, 11) is 0. The van der Waals surface area contributed by atoms with E-state index in [0.29, 0.717) is 9.80 Å². The smallest absolute Gasteiger partial charge is 0.340 e. The SMILES string of the molecule is O=CN1[C@H](OC(=O)c2ccccc2)[C@@H](OC(=O)c2ccccc2)N(C=O)[C@@H](OC(=O)c2ccccc2)[C@H]1OC(=O)c1ccccc1. The lowest BCUT2D eigenvalue weighted by atomic mass is 10.2. The maximum absolute atomic E-state index is 13.3. The number of piperazine rings is 1. The van der Waals surface area contributed by atoms with Gasteiger partial charge >= 0.3 is 23.9 Å². The predicted octanol–water partition coefficient (Wildman–Crippen LogP) is 3.65. The van der Waals surface area contributed by atoms with Gasteiger partial charge in [0.15, 0.2) is 0 Å². The van der Waals surface area contributed by atoms with Gasteiger partial charge in [-0.3, -0.25) is 19.4 Å². The molecule has 12 heteroatoms. The molecule has 0 unspecified atom stereocenters. The molecule has 0 aromatic heterocycles. The third-order valence-electron chi connectivity index (χ3n) is 6.86. The average Bonchev–Trinajstić information content (AvgIpc) is 3.11. The van der Waals surface area contributed by atoms with Crippen molar-refractivity contribution in [3.63, 3.8) is 0 Å². The Morgan fingerprint density at radius 1 is 0.391 bits per heavy atom. The van der Waals surface area contributed by atoms with Crippen molar-refractivity contribution >= 4 is 36.7 Å². The summed E-state index contributed by atoms with van der Waals surface area (Å²) in [6.45, 7) is 0. The van der Waals surface area contributed by atoms with Crippen LogP contribution >= 0.6 is 0 Å². The van der Waals surface area contributed by atoms with Crippen molar-refractivity contribution in [3.05, 3.63) is 144 Å². The predicted molar refractivity (Wildman–Crippen MR) is 158 cm³/mol. The fraction of sp³-hybridized carbons (Fsp3) is 0.118. The largest absolute Gasteiger partial charge is 0.431 e. The van der Waals surface area contributed by atoms with Crippen LogP contribution in [0.25, 0.3) is 0 Å². The molecule has 232 valence electrons. The van der Waals surface area contributed by atoms with E-state index in [1.165, 1.54) is 48.5 Å². The lowest BCUT2D eigenvalue weighted by Crippen LogP contribution is -2.71. The number of hydrogen-bond donors (Lipinski definition) is 0. The fourth-order valence-corrected chi connectivity index (χ4v) is 4.60. The molecule has 4 aromatic rings. The van der Waals surface area contributed by atoms with E-state index in [-0.39, 0.29) is 35.1 Å². The summed E-state index contributed by atoms with van der Waals surface area (Å²) in [4.78, 5) is 80.0. The maximum atomic E-state index is 13.3. The van der Waals surface area contributed by atoms with Crippen LogP contribution in [-0.4, -0.2) is 71.4 Å². The van der Waals surface area contributed by atoms with Crippen LogP contribution in [0, 0.1) is 0 Å². The molecule has 0 saturated carbocycles. The molecule has 0 spiro atoms. The number of carbonyl (C=O) groups is 6. The molecule has 4 atom stereocenters. The molecule has 2 amide bonds. The number of carbonyl (C=O) groups excluding carboxylic acids is 6. The lowest BCUT2D eigenvalue weighted by Gasteiger charge is -2.49. The lowest BCUT2D eigenvalue weighted by molar-refractivity contribution is -0.271. The van der Waals surface area contributed by atoms with Crippen LogP contribution in [0.3, 0.4) is 0 Å². The van der Waals surface area contributed by atoms with Crippen LogP contribution in [0.1, 0.15) is 41.4 Å².